The first-order chi connectivity index (χ1) is 10.1. The first-order valence-corrected chi connectivity index (χ1v) is 6.32. The molecule has 0 saturated heterocycles. The van der Waals surface area contributed by atoms with Crippen LogP contribution < -0.4 is 5.32 Å². The van der Waals surface area contributed by atoms with Crippen molar-refractivity contribution < 1.29 is 14.7 Å². The summed E-state index contributed by atoms with van der Waals surface area (Å²) in [5.41, 5.74) is 1.67. The number of hydrogen-bond acceptors (Lipinski definition) is 2. The van der Waals surface area contributed by atoms with Crippen molar-refractivity contribution >= 4 is 11.9 Å². The SMILES string of the molecule is O=C(C#Cc1ccccc1)NCc1cccc(C(=O)O)c1. The van der Waals surface area contributed by atoms with E-state index in [1.807, 2.05) is 30.3 Å². The molecule has 4 heteroatoms. The Balaban J connectivity index is 1.94. The highest BCUT2D eigenvalue weighted by atomic mass is 16.4. The Hall–Kier alpha value is -3.06. The fourth-order valence-corrected chi connectivity index (χ4v) is 1.69. The molecule has 0 unspecified atom stereocenters. The van der Waals surface area contributed by atoms with Crippen molar-refractivity contribution in [2.45, 2.75) is 6.54 Å². The Morgan fingerprint density at radius 3 is 2.52 bits per heavy atom. The molecule has 4 nitrogen and oxygen atoms in total. The molecule has 0 aliphatic heterocycles. The fourth-order valence-electron chi connectivity index (χ4n) is 1.69. The van der Waals surface area contributed by atoms with Gasteiger partial charge in [-0.1, -0.05) is 36.3 Å². The number of amides is 1. The second kappa shape index (κ2) is 6.92. The quantitative estimate of drug-likeness (QED) is 0.845. The van der Waals surface area contributed by atoms with E-state index in [1.165, 1.54) is 12.1 Å². The Bertz CT molecular complexity index is 712. The zero-order valence-corrected chi connectivity index (χ0v) is 11.2. The summed E-state index contributed by atoms with van der Waals surface area (Å²) in [4.78, 5) is 22.4. The Morgan fingerprint density at radius 1 is 1.05 bits per heavy atom. The van der Waals surface area contributed by atoms with Gasteiger partial charge in [0, 0.05) is 18.0 Å². The third-order valence-electron chi connectivity index (χ3n) is 2.72. The van der Waals surface area contributed by atoms with Gasteiger partial charge in [-0.25, -0.2) is 4.79 Å². The van der Waals surface area contributed by atoms with Crippen LogP contribution in [0.2, 0.25) is 0 Å². The number of carbonyl (C=O) groups is 2. The third-order valence-corrected chi connectivity index (χ3v) is 2.72. The Kier molecular flexibility index (Phi) is 4.73. The summed E-state index contributed by atoms with van der Waals surface area (Å²) in [6.45, 7) is 0.240. The van der Waals surface area contributed by atoms with Gasteiger partial charge in [-0.05, 0) is 29.8 Å². The van der Waals surface area contributed by atoms with Crippen LogP contribution in [-0.4, -0.2) is 17.0 Å². The lowest BCUT2D eigenvalue weighted by molar-refractivity contribution is -0.115. The maximum atomic E-state index is 11.6. The van der Waals surface area contributed by atoms with E-state index in [2.05, 4.69) is 17.2 Å². The van der Waals surface area contributed by atoms with E-state index >= 15 is 0 Å². The van der Waals surface area contributed by atoms with Crippen LogP contribution in [-0.2, 0) is 11.3 Å². The zero-order chi connectivity index (χ0) is 15.1. The average molecular weight is 279 g/mol. The van der Waals surface area contributed by atoms with Crippen LogP contribution in [0.15, 0.2) is 54.6 Å². The fraction of sp³-hybridized carbons (Fsp3) is 0.0588. The number of carboxylic acid groups (broad SMARTS) is 1. The standard InChI is InChI=1S/C17H13NO3/c19-16(10-9-13-5-2-1-3-6-13)18-12-14-7-4-8-15(11-14)17(20)21/h1-8,11H,12H2,(H,18,19)(H,20,21). The summed E-state index contributed by atoms with van der Waals surface area (Å²) in [6.07, 6.45) is 0. The molecule has 0 saturated carbocycles. The smallest absolute Gasteiger partial charge is 0.335 e. The minimum atomic E-state index is -0.993. The van der Waals surface area contributed by atoms with Crippen molar-refractivity contribution in [1.82, 2.24) is 5.32 Å². The van der Waals surface area contributed by atoms with E-state index in [0.717, 1.165) is 5.56 Å². The lowest BCUT2D eigenvalue weighted by Gasteiger charge is -2.02. The number of carbonyl (C=O) groups excluding carboxylic acids is 1. The number of rotatable bonds is 3. The van der Waals surface area contributed by atoms with Crippen LogP contribution in [0.5, 0.6) is 0 Å². The highest BCUT2D eigenvalue weighted by Gasteiger charge is 2.03. The van der Waals surface area contributed by atoms with Crippen molar-refractivity contribution in [2.24, 2.45) is 0 Å². The Labute approximate surface area is 122 Å². The molecule has 0 aliphatic rings. The van der Waals surface area contributed by atoms with Gasteiger partial charge in [0.05, 0.1) is 5.56 Å². The summed E-state index contributed by atoms with van der Waals surface area (Å²) in [5.74, 6) is 3.85. The zero-order valence-electron chi connectivity index (χ0n) is 11.2. The van der Waals surface area contributed by atoms with Crippen LogP contribution in [0.1, 0.15) is 21.5 Å². The Morgan fingerprint density at radius 2 is 1.81 bits per heavy atom. The second-order valence-corrected chi connectivity index (χ2v) is 4.30. The van der Waals surface area contributed by atoms with Gasteiger partial charge in [0.1, 0.15) is 0 Å². The highest BCUT2D eigenvalue weighted by Crippen LogP contribution is 2.04. The topological polar surface area (TPSA) is 66.4 Å². The van der Waals surface area contributed by atoms with Gasteiger partial charge in [-0.3, -0.25) is 4.79 Å². The maximum absolute atomic E-state index is 11.6. The first kappa shape index (κ1) is 14.4. The molecule has 0 heterocycles. The van der Waals surface area contributed by atoms with Crippen molar-refractivity contribution in [1.29, 1.82) is 0 Å². The average Bonchev–Trinajstić information content (AvgIpc) is 2.52. The second-order valence-electron chi connectivity index (χ2n) is 4.30. The van der Waals surface area contributed by atoms with Gasteiger partial charge in [0.25, 0.3) is 5.91 Å². The minimum Gasteiger partial charge on any atom is -0.478 e. The van der Waals surface area contributed by atoms with Gasteiger partial charge < -0.3 is 10.4 Å². The predicted molar refractivity (Wildman–Crippen MR) is 78.6 cm³/mol. The van der Waals surface area contributed by atoms with Crippen LogP contribution in [0, 0.1) is 11.8 Å². The summed E-state index contributed by atoms with van der Waals surface area (Å²) < 4.78 is 0. The molecule has 0 atom stereocenters. The van der Waals surface area contributed by atoms with Crippen molar-refractivity contribution in [3.8, 4) is 11.8 Å². The molecule has 2 aromatic rings. The number of carboxylic acids is 1. The van der Waals surface area contributed by atoms with Crippen LogP contribution in [0.25, 0.3) is 0 Å². The van der Waals surface area contributed by atoms with Gasteiger partial charge in [0.15, 0.2) is 0 Å². The van der Waals surface area contributed by atoms with Crippen molar-refractivity contribution in [3.05, 3.63) is 71.3 Å². The molecular weight excluding hydrogens is 266 g/mol. The summed E-state index contributed by atoms with van der Waals surface area (Å²) in [5, 5.41) is 11.5. The van der Waals surface area contributed by atoms with Gasteiger partial charge in [-0.15, -0.1) is 0 Å². The lowest BCUT2D eigenvalue weighted by atomic mass is 10.1. The lowest BCUT2D eigenvalue weighted by Crippen LogP contribution is -2.20. The molecule has 1 amide bonds. The summed E-state index contributed by atoms with van der Waals surface area (Å²) >= 11 is 0. The molecule has 2 N–H and O–H groups in total. The molecule has 0 aliphatic carbocycles. The van der Waals surface area contributed by atoms with E-state index < -0.39 is 11.9 Å². The van der Waals surface area contributed by atoms with E-state index in [-0.39, 0.29) is 12.1 Å². The van der Waals surface area contributed by atoms with Crippen LogP contribution in [0.3, 0.4) is 0 Å². The normalized spacial score (nSPS) is 9.33. The molecule has 104 valence electrons. The first-order valence-electron chi connectivity index (χ1n) is 6.32. The van der Waals surface area contributed by atoms with E-state index in [4.69, 9.17) is 5.11 Å². The molecule has 0 bridgehead atoms. The molecular formula is C17H13NO3. The van der Waals surface area contributed by atoms with Gasteiger partial charge >= 0.3 is 5.97 Å². The number of nitrogens with one attached hydrogen (secondary N) is 1. The predicted octanol–water partition coefficient (Wildman–Crippen LogP) is 2.05. The molecule has 0 radical (unpaired) electrons. The van der Waals surface area contributed by atoms with Crippen molar-refractivity contribution in [2.75, 3.05) is 0 Å². The van der Waals surface area contributed by atoms with Crippen LogP contribution in [0.4, 0.5) is 0 Å². The minimum absolute atomic E-state index is 0.192. The molecule has 0 fully saturated rings. The summed E-state index contributed by atoms with van der Waals surface area (Å²) in [7, 11) is 0. The largest absolute Gasteiger partial charge is 0.478 e. The van der Waals surface area contributed by atoms with Gasteiger partial charge in [-0.2, -0.15) is 0 Å². The monoisotopic (exact) mass is 279 g/mol. The maximum Gasteiger partial charge on any atom is 0.335 e. The molecule has 2 aromatic carbocycles. The molecule has 21 heavy (non-hydrogen) atoms. The molecule has 0 aromatic heterocycles. The number of aromatic carboxylic acids is 1. The third kappa shape index (κ3) is 4.51. The van der Waals surface area contributed by atoms with E-state index in [0.29, 0.717) is 5.56 Å². The summed E-state index contributed by atoms with van der Waals surface area (Å²) in [6, 6.07) is 15.6. The molecule has 2 rings (SSSR count). The highest BCUT2D eigenvalue weighted by molar-refractivity contribution is 5.94. The van der Waals surface area contributed by atoms with Crippen molar-refractivity contribution in [3.63, 3.8) is 0 Å². The van der Waals surface area contributed by atoms with E-state index in [1.54, 1.807) is 12.1 Å². The van der Waals surface area contributed by atoms with Gasteiger partial charge in [0.2, 0.25) is 0 Å². The molecule has 0 spiro atoms. The number of benzene rings is 2. The van der Waals surface area contributed by atoms with Crippen LogP contribution >= 0.6 is 0 Å². The number of hydrogen-bond donors (Lipinski definition) is 2. The van der Waals surface area contributed by atoms with E-state index in [9.17, 15) is 9.59 Å².